The monoisotopic (exact) mass is 259 g/mol. The quantitative estimate of drug-likeness (QED) is 0.846. The number of ether oxygens (including phenoxy) is 1. The molecule has 0 unspecified atom stereocenters. The van der Waals surface area contributed by atoms with Gasteiger partial charge in [-0.2, -0.15) is 0 Å². The average Bonchev–Trinajstić information content (AvgIpc) is 2.41. The van der Waals surface area contributed by atoms with Crippen LogP contribution in [0.25, 0.3) is 0 Å². The van der Waals surface area contributed by atoms with Crippen molar-refractivity contribution in [1.82, 2.24) is 4.90 Å². The Kier molecular flexibility index (Phi) is 3.80. The number of carbonyl (C=O) groups excluding carboxylic acids is 1. The van der Waals surface area contributed by atoms with Crippen LogP contribution < -0.4 is 4.74 Å². The molecule has 0 aliphatic heterocycles. The third-order valence-corrected chi connectivity index (χ3v) is 2.54. The first-order valence-corrected chi connectivity index (χ1v) is 5.81. The standard InChI is InChI=1S/C15H14FNO2/c1-17(2)15(18)11-4-3-5-14(10-11)19-13-8-6-12(16)7-9-13/h3-10H,1-2H3. The predicted molar refractivity (Wildman–Crippen MR) is 70.9 cm³/mol. The van der Waals surface area contributed by atoms with E-state index in [2.05, 4.69) is 0 Å². The topological polar surface area (TPSA) is 29.5 Å². The second-order valence-electron chi connectivity index (χ2n) is 4.28. The largest absolute Gasteiger partial charge is 0.457 e. The lowest BCUT2D eigenvalue weighted by Crippen LogP contribution is -2.21. The van der Waals surface area contributed by atoms with Crippen molar-refractivity contribution < 1.29 is 13.9 Å². The van der Waals surface area contributed by atoms with Crippen LogP contribution in [0.15, 0.2) is 48.5 Å². The van der Waals surface area contributed by atoms with Gasteiger partial charge in [0.25, 0.3) is 5.91 Å². The predicted octanol–water partition coefficient (Wildman–Crippen LogP) is 3.32. The Balaban J connectivity index is 2.19. The molecule has 0 aromatic heterocycles. The summed E-state index contributed by atoms with van der Waals surface area (Å²) in [6.07, 6.45) is 0. The van der Waals surface area contributed by atoms with E-state index >= 15 is 0 Å². The number of hydrogen-bond donors (Lipinski definition) is 0. The summed E-state index contributed by atoms with van der Waals surface area (Å²) >= 11 is 0. The second kappa shape index (κ2) is 5.52. The Bertz CT molecular complexity index is 579. The SMILES string of the molecule is CN(C)C(=O)c1cccc(Oc2ccc(F)cc2)c1. The van der Waals surface area contributed by atoms with Gasteiger partial charge in [0.05, 0.1) is 0 Å². The van der Waals surface area contributed by atoms with E-state index < -0.39 is 0 Å². The summed E-state index contributed by atoms with van der Waals surface area (Å²) in [5.41, 5.74) is 0.546. The molecule has 2 aromatic rings. The number of nitrogens with zero attached hydrogens (tertiary/aromatic N) is 1. The van der Waals surface area contributed by atoms with Gasteiger partial charge in [0, 0.05) is 19.7 Å². The van der Waals surface area contributed by atoms with E-state index in [4.69, 9.17) is 4.74 Å². The van der Waals surface area contributed by atoms with Crippen LogP contribution in [0.5, 0.6) is 11.5 Å². The molecule has 0 N–H and O–H groups in total. The summed E-state index contributed by atoms with van der Waals surface area (Å²) < 4.78 is 18.3. The number of rotatable bonds is 3. The molecular formula is C15H14FNO2. The van der Waals surface area contributed by atoms with Crippen molar-refractivity contribution in [3.8, 4) is 11.5 Å². The van der Waals surface area contributed by atoms with Crippen LogP contribution in [0, 0.1) is 5.82 Å². The van der Waals surface area contributed by atoms with Gasteiger partial charge in [-0.15, -0.1) is 0 Å². The summed E-state index contributed by atoms with van der Waals surface area (Å²) in [6.45, 7) is 0. The molecule has 3 nitrogen and oxygen atoms in total. The third kappa shape index (κ3) is 3.31. The minimum absolute atomic E-state index is 0.0930. The fourth-order valence-electron chi connectivity index (χ4n) is 1.59. The average molecular weight is 259 g/mol. The molecule has 2 rings (SSSR count). The first-order chi connectivity index (χ1) is 9.06. The molecule has 2 aromatic carbocycles. The fourth-order valence-corrected chi connectivity index (χ4v) is 1.59. The van der Waals surface area contributed by atoms with Crippen LogP contribution in [-0.2, 0) is 0 Å². The van der Waals surface area contributed by atoms with E-state index in [0.717, 1.165) is 0 Å². The Morgan fingerprint density at radius 2 is 1.74 bits per heavy atom. The maximum absolute atomic E-state index is 12.8. The highest BCUT2D eigenvalue weighted by atomic mass is 19.1. The summed E-state index contributed by atoms with van der Waals surface area (Å²) in [4.78, 5) is 13.3. The van der Waals surface area contributed by atoms with Gasteiger partial charge in [0.2, 0.25) is 0 Å². The summed E-state index contributed by atoms with van der Waals surface area (Å²) in [6, 6.07) is 12.6. The van der Waals surface area contributed by atoms with Crippen molar-refractivity contribution >= 4 is 5.91 Å². The number of hydrogen-bond acceptors (Lipinski definition) is 2. The zero-order valence-electron chi connectivity index (χ0n) is 10.8. The Morgan fingerprint density at radius 3 is 2.37 bits per heavy atom. The second-order valence-corrected chi connectivity index (χ2v) is 4.28. The van der Waals surface area contributed by atoms with Gasteiger partial charge in [0.1, 0.15) is 17.3 Å². The molecule has 0 saturated carbocycles. The van der Waals surface area contributed by atoms with Gasteiger partial charge in [-0.1, -0.05) is 6.07 Å². The molecule has 0 heterocycles. The highest BCUT2D eigenvalue weighted by Crippen LogP contribution is 2.22. The lowest BCUT2D eigenvalue weighted by Gasteiger charge is -2.11. The molecule has 0 atom stereocenters. The molecule has 0 saturated heterocycles. The van der Waals surface area contributed by atoms with Crippen LogP contribution in [0.3, 0.4) is 0 Å². The van der Waals surface area contributed by atoms with Gasteiger partial charge in [-0.25, -0.2) is 4.39 Å². The zero-order valence-corrected chi connectivity index (χ0v) is 10.8. The number of benzene rings is 2. The normalized spacial score (nSPS) is 10.1. The molecule has 0 fully saturated rings. The van der Waals surface area contributed by atoms with Crippen molar-refractivity contribution in [3.05, 3.63) is 59.9 Å². The zero-order chi connectivity index (χ0) is 13.8. The van der Waals surface area contributed by atoms with Crippen molar-refractivity contribution in [1.29, 1.82) is 0 Å². The lowest BCUT2D eigenvalue weighted by atomic mass is 10.2. The van der Waals surface area contributed by atoms with E-state index in [1.54, 1.807) is 38.4 Å². The minimum atomic E-state index is -0.316. The Labute approximate surface area is 111 Å². The Hall–Kier alpha value is -2.36. The lowest BCUT2D eigenvalue weighted by molar-refractivity contribution is 0.0827. The highest BCUT2D eigenvalue weighted by Gasteiger charge is 2.08. The number of carbonyl (C=O) groups is 1. The molecule has 0 spiro atoms. The van der Waals surface area contributed by atoms with Crippen molar-refractivity contribution in [2.45, 2.75) is 0 Å². The molecule has 4 heteroatoms. The van der Waals surface area contributed by atoms with Gasteiger partial charge in [-0.05, 0) is 42.5 Å². The van der Waals surface area contributed by atoms with Crippen LogP contribution in [0.1, 0.15) is 10.4 Å². The van der Waals surface area contributed by atoms with Crippen molar-refractivity contribution in [2.24, 2.45) is 0 Å². The maximum Gasteiger partial charge on any atom is 0.253 e. The molecule has 0 radical (unpaired) electrons. The Morgan fingerprint density at radius 1 is 1.05 bits per heavy atom. The van der Waals surface area contributed by atoms with Crippen molar-refractivity contribution in [2.75, 3.05) is 14.1 Å². The van der Waals surface area contributed by atoms with Gasteiger partial charge < -0.3 is 9.64 Å². The summed E-state index contributed by atoms with van der Waals surface area (Å²) in [5, 5.41) is 0. The van der Waals surface area contributed by atoms with Crippen LogP contribution in [0.2, 0.25) is 0 Å². The molecule has 1 amide bonds. The van der Waals surface area contributed by atoms with Crippen LogP contribution >= 0.6 is 0 Å². The third-order valence-electron chi connectivity index (χ3n) is 2.54. The van der Waals surface area contributed by atoms with E-state index in [-0.39, 0.29) is 11.7 Å². The minimum Gasteiger partial charge on any atom is -0.457 e. The molecule has 19 heavy (non-hydrogen) atoms. The smallest absolute Gasteiger partial charge is 0.253 e. The van der Waals surface area contributed by atoms with E-state index in [9.17, 15) is 9.18 Å². The molecule has 0 bridgehead atoms. The van der Waals surface area contributed by atoms with E-state index in [1.807, 2.05) is 0 Å². The van der Waals surface area contributed by atoms with Crippen LogP contribution in [0.4, 0.5) is 4.39 Å². The highest BCUT2D eigenvalue weighted by molar-refractivity contribution is 5.94. The van der Waals surface area contributed by atoms with Gasteiger partial charge >= 0.3 is 0 Å². The van der Waals surface area contributed by atoms with E-state index in [0.29, 0.717) is 17.1 Å². The summed E-state index contributed by atoms with van der Waals surface area (Å²) in [5.74, 6) is 0.656. The first kappa shape index (κ1) is 13.1. The fraction of sp³-hybridized carbons (Fsp3) is 0.133. The van der Waals surface area contributed by atoms with Crippen molar-refractivity contribution in [3.63, 3.8) is 0 Å². The van der Waals surface area contributed by atoms with Crippen LogP contribution in [-0.4, -0.2) is 24.9 Å². The number of amides is 1. The summed E-state index contributed by atoms with van der Waals surface area (Å²) in [7, 11) is 3.38. The van der Waals surface area contributed by atoms with E-state index in [1.165, 1.54) is 29.2 Å². The maximum atomic E-state index is 12.8. The van der Waals surface area contributed by atoms with Gasteiger partial charge in [-0.3, -0.25) is 4.79 Å². The molecule has 0 aliphatic carbocycles. The first-order valence-electron chi connectivity index (χ1n) is 5.81. The molecule has 0 aliphatic rings. The molecular weight excluding hydrogens is 245 g/mol. The number of halogens is 1. The van der Waals surface area contributed by atoms with Gasteiger partial charge in [0.15, 0.2) is 0 Å². The molecule has 98 valence electrons.